The lowest BCUT2D eigenvalue weighted by Gasteiger charge is -2.47. The third-order valence-electron chi connectivity index (χ3n) is 4.84. The van der Waals surface area contributed by atoms with Crippen molar-refractivity contribution in [2.24, 2.45) is 5.92 Å². The second kappa shape index (κ2) is 6.55. The predicted octanol–water partition coefficient (Wildman–Crippen LogP) is 5.57. The van der Waals surface area contributed by atoms with Gasteiger partial charge < -0.3 is 0 Å². The summed E-state index contributed by atoms with van der Waals surface area (Å²) in [5.41, 5.74) is 2.46. The SMILES string of the molecule is CC(C)C12C=CC(C)(CC1)OO2.Cc1ccc(C(C)C)cc1. The molecular weight excluding hydrogens is 272 g/mol. The lowest BCUT2D eigenvalue weighted by molar-refractivity contribution is -0.431. The molecule has 2 heteroatoms. The van der Waals surface area contributed by atoms with Crippen molar-refractivity contribution < 1.29 is 9.78 Å². The summed E-state index contributed by atoms with van der Waals surface area (Å²) in [6.45, 7) is 12.9. The van der Waals surface area contributed by atoms with Crippen LogP contribution in [0.25, 0.3) is 0 Å². The van der Waals surface area contributed by atoms with E-state index in [2.05, 4.69) is 78.0 Å². The van der Waals surface area contributed by atoms with E-state index in [0.717, 1.165) is 12.8 Å². The number of rotatable bonds is 2. The van der Waals surface area contributed by atoms with Gasteiger partial charge in [0.2, 0.25) is 0 Å². The van der Waals surface area contributed by atoms with Crippen molar-refractivity contribution in [3.8, 4) is 0 Å². The van der Waals surface area contributed by atoms with Gasteiger partial charge in [0.05, 0.1) is 0 Å². The van der Waals surface area contributed by atoms with Crippen LogP contribution in [0.3, 0.4) is 0 Å². The monoisotopic (exact) mass is 302 g/mol. The molecule has 2 unspecified atom stereocenters. The molecule has 2 atom stereocenters. The Hall–Kier alpha value is -1.12. The van der Waals surface area contributed by atoms with Gasteiger partial charge in [-0.25, -0.2) is 9.78 Å². The van der Waals surface area contributed by atoms with Gasteiger partial charge in [0.15, 0.2) is 0 Å². The molecule has 1 saturated heterocycles. The van der Waals surface area contributed by atoms with Crippen LogP contribution in [0, 0.1) is 12.8 Å². The molecule has 2 aliphatic heterocycles. The van der Waals surface area contributed by atoms with Crippen LogP contribution < -0.4 is 0 Å². The Labute approximate surface area is 135 Å². The van der Waals surface area contributed by atoms with Crippen molar-refractivity contribution in [2.45, 2.75) is 71.5 Å². The molecule has 2 nitrogen and oxygen atoms in total. The molecule has 22 heavy (non-hydrogen) atoms. The average Bonchev–Trinajstić information content (AvgIpc) is 2.49. The predicted molar refractivity (Wildman–Crippen MR) is 91.8 cm³/mol. The summed E-state index contributed by atoms with van der Waals surface area (Å²) in [6, 6.07) is 8.71. The van der Waals surface area contributed by atoms with Crippen LogP contribution in [-0.2, 0) is 9.78 Å². The zero-order valence-electron chi connectivity index (χ0n) is 14.8. The van der Waals surface area contributed by atoms with E-state index in [4.69, 9.17) is 9.78 Å². The highest BCUT2D eigenvalue weighted by atomic mass is 17.2. The van der Waals surface area contributed by atoms with Crippen LogP contribution in [0.5, 0.6) is 0 Å². The minimum atomic E-state index is -0.156. The highest BCUT2D eigenvalue weighted by Crippen LogP contribution is 2.44. The van der Waals surface area contributed by atoms with E-state index in [1.807, 2.05) is 0 Å². The lowest BCUT2D eigenvalue weighted by atomic mass is 9.76. The molecule has 1 aromatic rings. The molecule has 0 saturated carbocycles. The Balaban J connectivity index is 0.000000164. The Bertz CT molecular complexity index is 503. The van der Waals surface area contributed by atoms with Gasteiger partial charge in [-0.1, -0.05) is 69.7 Å². The standard InChI is InChI=1S/C10H16O2.C10H14/c1-8(2)10-6-4-9(3,5-7-10)11-12-10;1-8(2)10-6-4-9(3)5-7-10/h4,6,8H,5,7H2,1-3H3;4-8H,1-3H3. The molecule has 1 aromatic carbocycles. The van der Waals surface area contributed by atoms with Gasteiger partial charge in [0.1, 0.15) is 11.2 Å². The highest BCUT2D eigenvalue weighted by molar-refractivity contribution is 5.23. The number of hydrogen-bond donors (Lipinski definition) is 0. The van der Waals surface area contributed by atoms with Crippen molar-refractivity contribution in [1.82, 2.24) is 0 Å². The van der Waals surface area contributed by atoms with Gasteiger partial charge in [0.25, 0.3) is 0 Å². The highest BCUT2D eigenvalue weighted by Gasteiger charge is 2.47. The summed E-state index contributed by atoms with van der Waals surface area (Å²) in [5.74, 6) is 1.14. The average molecular weight is 302 g/mol. The van der Waals surface area contributed by atoms with Crippen LogP contribution in [0.15, 0.2) is 36.4 Å². The Morgan fingerprint density at radius 3 is 1.91 bits per heavy atom. The molecule has 3 aliphatic rings. The van der Waals surface area contributed by atoms with E-state index in [9.17, 15) is 0 Å². The summed E-state index contributed by atoms with van der Waals surface area (Å²) in [4.78, 5) is 10.8. The normalized spacial score (nSPS) is 29.6. The summed E-state index contributed by atoms with van der Waals surface area (Å²) in [5, 5.41) is 0. The maximum Gasteiger partial charge on any atom is 0.124 e. The molecule has 122 valence electrons. The number of aryl methyl sites for hydroxylation is 1. The maximum absolute atomic E-state index is 5.44. The Kier molecular flexibility index (Phi) is 5.14. The van der Waals surface area contributed by atoms with Gasteiger partial charge in [-0.05, 0) is 44.1 Å². The largest absolute Gasteiger partial charge is 0.225 e. The topological polar surface area (TPSA) is 18.5 Å². The number of fused-ring (bicyclic) bond motifs is 2. The van der Waals surface area contributed by atoms with Crippen molar-refractivity contribution in [1.29, 1.82) is 0 Å². The Morgan fingerprint density at radius 1 is 0.909 bits per heavy atom. The molecule has 1 fully saturated rings. The van der Waals surface area contributed by atoms with Crippen LogP contribution >= 0.6 is 0 Å². The van der Waals surface area contributed by atoms with E-state index < -0.39 is 0 Å². The first-order valence-electron chi connectivity index (χ1n) is 8.40. The second-order valence-corrected chi connectivity index (χ2v) is 7.49. The molecule has 1 aliphatic carbocycles. The van der Waals surface area contributed by atoms with E-state index >= 15 is 0 Å². The van der Waals surface area contributed by atoms with E-state index in [-0.39, 0.29) is 11.2 Å². The summed E-state index contributed by atoms with van der Waals surface area (Å²) < 4.78 is 0. The lowest BCUT2D eigenvalue weighted by Crippen LogP contribution is -2.50. The van der Waals surface area contributed by atoms with E-state index in [1.54, 1.807) is 0 Å². The second-order valence-electron chi connectivity index (χ2n) is 7.49. The van der Waals surface area contributed by atoms with Crippen LogP contribution in [0.4, 0.5) is 0 Å². The molecule has 0 amide bonds. The van der Waals surface area contributed by atoms with Crippen molar-refractivity contribution in [3.63, 3.8) is 0 Å². The van der Waals surface area contributed by atoms with Crippen molar-refractivity contribution >= 4 is 0 Å². The Morgan fingerprint density at radius 2 is 1.55 bits per heavy atom. The molecule has 0 radical (unpaired) electrons. The fourth-order valence-electron chi connectivity index (χ4n) is 2.77. The molecular formula is C20H30O2. The summed E-state index contributed by atoms with van der Waals surface area (Å²) in [6.07, 6.45) is 6.46. The van der Waals surface area contributed by atoms with Gasteiger partial charge in [-0.3, -0.25) is 0 Å². The van der Waals surface area contributed by atoms with Crippen LogP contribution in [0.1, 0.15) is 64.5 Å². The van der Waals surface area contributed by atoms with E-state index in [1.165, 1.54) is 11.1 Å². The molecule has 0 spiro atoms. The maximum atomic E-state index is 5.44. The van der Waals surface area contributed by atoms with Crippen molar-refractivity contribution in [2.75, 3.05) is 0 Å². The summed E-state index contributed by atoms with van der Waals surface area (Å²) in [7, 11) is 0. The first kappa shape index (κ1) is 17.2. The molecule has 0 aromatic heterocycles. The number of hydrogen-bond acceptors (Lipinski definition) is 2. The van der Waals surface area contributed by atoms with Gasteiger partial charge in [0, 0.05) is 0 Å². The minimum Gasteiger partial charge on any atom is -0.225 e. The molecule has 2 bridgehead atoms. The van der Waals surface area contributed by atoms with Crippen molar-refractivity contribution in [3.05, 3.63) is 47.5 Å². The molecule has 2 heterocycles. The van der Waals surface area contributed by atoms with Gasteiger partial charge in [-0.15, -0.1) is 0 Å². The quantitative estimate of drug-likeness (QED) is 0.525. The van der Waals surface area contributed by atoms with Gasteiger partial charge in [-0.2, -0.15) is 0 Å². The first-order chi connectivity index (χ1) is 10.3. The molecule has 0 N–H and O–H groups in total. The van der Waals surface area contributed by atoms with E-state index in [0.29, 0.717) is 11.8 Å². The fraction of sp³-hybridized carbons (Fsp3) is 0.600. The van der Waals surface area contributed by atoms with Crippen LogP contribution in [0.2, 0.25) is 0 Å². The third-order valence-corrected chi connectivity index (χ3v) is 4.84. The zero-order chi connectivity index (χ0) is 16.4. The first-order valence-corrected chi connectivity index (χ1v) is 8.40. The minimum absolute atomic E-state index is 0.141. The molecule has 4 rings (SSSR count). The third kappa shape index (κ3) is 3.80. The van der Waals surface area contributed by atoms with Gasteiger partial charge >= 0.3 is 0 Å². The van der Waals surface area contributed by atoms with Crippen LogP contribution in [-0.4, -0.2) is 11.2 Å². The summed E-state index contributed by atoms with van der Waals surface area (Å²) >= 11 is 0. The fourth-order valence-corrected chi connectivity index (χ4v) is 2.77. The smallest absolute Gasteiger partial charge is 0.124 e. The number of benzene rings is 1. The zero-order valence-corrected chi connectivity index (χ0v) is 14.8.